The fourth-order valence-electron chi connectivity index (χ4n) is 1.66. The van der Waals surface area contributed by atoms with Gasteiger partial charge in [-0.25, -0.2) is 0 Å². The zero-order valence-electron chi connectivity index (χ0n) is 9.37. The number of hydrogen-bond donors (Lipinski definition) is 2. The van der Waals surface area contributed by atoms with Gasteiger partial charge in [0.1, 0.15) is 0 Å². The molecule has 1 aromatic carbocycles. The molecule has 0 radical (unpaired) electrons. The predicted molar refractivity (Wildman–Crippen MR) is 69.6 cm³/mol. The third-order valence-corrected chi connectivity index (χ3v) is 3.69. The second-order valence-electron chi connectivity index (χ2n) is 3.80. The summed E-state index contributed by atoms with van der Waals surface area (Å²) in [6.45, 7) is 0.596. The number of aromatic hydroxyl groups is 1. The molecule has 2 heterocycles. The maximum atomic E-state index is 9.16. The van der Waals surface area contributed by atoms with Gasteiger partial charge in [0.05, 0.1) is 0 Å². The third kappa shape index (κ3) is 2.20. The minimum atomic E-state index is -0.0170. The first kappa shape index (κ1) is 11.2. The van der Waals surface area contributed by atoms with Crippen LogP contribution in [0.1, 0.15) is 5.69 Å². The molecule has 0 fully saturated rings. The van der Waals surface area contributed by atoms with E-state index in [1.165, 1.54) is 6.20 Å². The average Bonchev–Trinajstić information content (AvgIpc) is 2.87. The summed E-state index contributed by atoms with van der Waals surface area (Å²) in [6.07, 6.45) is 1.44. The van der Waals surface area contributed by atoms with Crippen molar-refractivity contribution in [1.82, 2.24) is 4.98 Å². The Kier molecular flexibility index (Phi) is 2.96. The van der Waals surface area contributed by atoms with Crippen LogP contribution >= 0.6 is 0 Å². The normalized spacial score (nSPS) is 12.0. The summed E-state index contributed by atoms with van der Waals surface area (Å²) in [5.41, 5.74) is 3.74. The van der Waals surface area contributed by atoms with Crippen LogP contribution in [0.2, 0.25) is 0 Å². The molecule has 0 saturated carbocycles. The van der Waals surface area contributed by atoms with Crippen LogP contribution in [-0.4, -0.2) is 24.7 Å². The van der Waals surface area contributed by atoms with E-state index in [2.05, 4.69) is 18.2 Å². The van der Waals surface area contributed by atoms with Crippen molar-refractivity contribution >= 4 is 31.6 Å². The molecule has 0 atom stereocenters. The fraction of sp³-hybridized carbons (Fsp3) is 0.0833. The van der Waals surface area contributed by atoms with Crippen molar-refractivity contribution < 1.29 is 5.11 Å². The van der Waals surface area contributed by atoms with Crippen LogP contribution < -0.4 is 5.32 Å². The van der Waals surface area contributed by atoms with E-state index in [1.54, 1.807) is 12.1 Å². The fourth-order valence-corrected chi connectivity index (χ4v) is 2.81. The van der Waals surface area contributed by atoms with Crippen molar-refractivity contribution in [2.24, 2.45) is 7.92 Å². The van der Waals surface area contributed by atoms with Gasteiger partial charge in [-0.15, -0.1) is 0 Å². The first-order chi connectivity index (χ1) is 8.83. The van der Waals surface area contributed by atoms with Gasteiger partial charge in [-0.2, -0.15) is 0 Å². The average molecular weight is 305 g/mol. The van der Waals surface area contributed by atoms with Crippen molar-refractivity contribution in [3.05, 3.63) is 42.2 Å². The van der Waals surface area contributed by atoms with Crippen molar-refractivity contribution in [2.75, 3.05) is 5.32 Å². The monoisotopic (exact) mass is 306 g/mol. The summed E-state index contributed by atoms with van der Waals surface area (Å²) in [5.74, 6) is 0.177. The van der Waals surface area contributed by atoms with Crippen molar-refractivity contribution in [1.29, 1.82) is 0 Å². The number of pyridine rings is 1. The predicted octanol–water partition coefficient (Wildman–Crippen LogP) is 2.75. The Morgan fingerprint density at radius 3 is 2.94 bits per heavy atom. The van der Waals surface area contributed by atoms with Crippen LogP contribution in [0.3, 0.4) is 0 Å². The topological polar surface area (TPSA) is 69.9 Å². The SMILES string of the molecule is Oc1ccc(CNc2cccc3c2N=[Se]=N3)nc1. The van der Waals surface area contributed by atoms with Crippen LogP contribution in [0.25, 0.3) is 0 Å². The van der Waals surface area contributed by atoms with Crippen molar-refractivity contribution in [3.8, 4) is 5.75 Å². The second kappa shape index (κ2) is 4.76. The minimum absolute atomic E-state index is 0.0170. The molecule has 0 unspecified atom stereocenters. The molecule has 0 saturated heterocycles. The van der Waals surface area contributed by atoms with E-state index in [9.17, 15) is 0 Å². The molecule has 6 heteroatoms. The van der Waals surface area contributed by atoms with Gasteiger partial charge >= 0.3 is 109 Å². The Hall–Kier alpha value is -1.91. The molecule has 0 aliphatic carbocycles. The zero-order chi connectivity index (χ0) is 12.4. The van der Waals surface area contributed by atoms with Crippen LogP contribution in [0.4, 0.5) is 17.1 Å². The summed E-state index contributed by atoms with van der Waals surface area (Å²) >= 11 is -0.0170. The summed E-state index contributed by atoms with van der Waals surface area (Å²) in [6, 6.07) is 9.34. The van der Waals surface area contributed by atoms with Gasteiger partial charge < -0.3 is 0 Å². The molecular formula is C12H10N4OSe. The Labute approximate surface area is 110 Å². The quantitative estimate of drug-likeness (QED) is 0.731. The van der Waals surface area contributed by atoms with E-state index < -0.39 is 0 Å². The van der Waals surface area contributed by atoms with Gasteiger partial charge in [0, 0.05) is 0 Å². The van der Waals surface area contributed by atoms with Crippen LogP contribution in [0.5, 0.6) is 5.75 Å². The number of nitrogens with zero attached hydrogens (tertiary/aromatic N) is 3. The van der Waals surface area contributed by atoms with Gasteiger partial charge in [-0.1, -0.05) is 0 Å². The second-order valence-corrected chi connectivity index (χ2v) is 4.91. The molecule has 18 heavy (non-hydrogen) atoms. The number of nitrogens with one attached hydrogen (secondary N) is 1. The van der Waals surface area contributed by atoms with Gasteiger partial charge in [-0.3, -0.25) is 0 Å². The molecule has 0 amide bonds. The van der Waals surface area contributed by atoms with E-state index in [0.717, 1.165) is 22.8 Å². The Morgan fingerprint density at radius 2 is 2.11 bits per heavy atom. The number of hydrogen-bond acceptors (Lipinski definition) is 5. The molecule has 2 aromatic rings. The number of anilines is 1. The number of benzene rings is 1. The first-order valence-corrected chi connectivity index (χ1v) is 6.95. The summed E-state index contributed by atoms with van der Waals surface area (Å²) in [7, 11) is 0. The summed E-state index contributed by atoms with van der Waals surface area (Å²) in [5, 5.41) is 12.5. The molecule has 2 N–H and O–H groups in total. The third-order valence-electron chi connectivity index (χ3n) is 2.56. The molecule has 3 rings (SSSR count). The maximum absolute atomic E-state index is 9.16. The molecule has 90 valence electrons. The molecule has 1 aliphatic heterocycles. The zero-order valence-corrected chi connectivity index (χ0v) is 11.1. The first-order valence-electron chi connectivity index (χ1n) is 5.42. The van der Waals surface area contributed by atoms with Gasteiger partial charge in [0.25, 0.3) is 0 Å². The van der Waals surface area contributed by atoms with Crippen molar-refractivity contribution in [2.45, 2.75) is 6.54 Å². The summed E-state index contributed by atoms with van der Waals surface area (Å²) in [4.78, 5) is 4.12. The van der Waals surface area contributed by atoms with Crippen LogP contribution in [0.15, 0.2) is 44.5 Å². The number of aromatic nitrogens is 1. The van der Waals surface area contributed by atoms with Gasteiger partial charge in [0.15, 0.2) is 0 Å². The van der Waals surface area contributed by atoms with Gasteiger partial charge in [0.2, 0.25) is 0 Å². The molecule has 0 bridgehead atoms. The molecular weight excluding hydrogens is 295 g/mol. The van der Waals surface area contributed by atoms with E-state index >= 15 is 0 Å². The van der Waals surface area contributed by atoms with Crippen LogP contribution in [0, 0.1) is 0 Å². The van der Waals surface area contributed by atoms with E-state index in [-0.39, 0.29) is 20.3 Å². The van der Waals surface area contributed by atoms with Gasteiger partial charge in [-0.05, 0) is 0 Å². The molecule has 1 aromatic heterocycles. The number of rotatable bonds is 3. The Balaban J connectivity index is 1.76. The van der Waals surface area contributed by atoms with E-state index in [1.807, 2.05) is 18.2 Å². The molecule has 1 aliphatic rings. The van der Waals surface area contributed by atoms with Crippen LogP contribution in [-0.2, 0) is 6.54 Å². The Morgan fingerprint density at radius 1 is 1.17 bits per heavy atom. The van der Waals surface area contributed by atoms with E-state index in [4.69, 9.17) is 5.11 Å². The van der Waals surface area contributed by atoms with E-state index in [0.29, 0.717) is 6.54 Å². The standard InChI is InChI=1S/C12H10N4OSe/c17-9-5-4-8(13-7-9)6-14-10-2-1-3-11-12(10)16-18-15-11/h1-5,7,14,17H,6H2. The number of fused-ring (bicyclic) bond motifs is 1. The molecule has 5 nitrogen and oxygen atoms in total. The molecule has 0 spiro atoms. The Bertz CT molecular complexity index is 648. The summed E-state index contributed by atoms with van der Waals surface area (Å²) < 4.78 is 8.73. The van der Waals surface area contributed by atoms with Crippen molar-refractivity contribution in [3.63, 3.8) is 0 Å².